The van der Waals surface area contributed by atoms with Crippen LogP contribution in [0.25, 0.3) is 11.1 Å². The number of thioether (sulfide) groups is 1. The zero-order chi connectivity index (χ0) is 17.9. The van der Waals surface area contributed by atoms with Crippen molar-refractivity contribution in [2.75, 3.05) is 16.4 Å². The number of benzene rings is 3. The molecule has 26 heavy (non-hydrogen) atoms. The number of amides is 2. The summed E-state index contributed by atoms with van der Waals surface area (Å²) in [5.41, 5.74) is 3.95. The van der Waals surface area contributed by atoms with Gasteiger partial charge in [-0.05, 0) is 29.8 Å². The Kier molecular flexibility index (Phi) is 4.46. The van der Waals surface area contributed by atoms with Gasteiger partial charge < -0.3 is 10.6 Å². The van der Waals surface area contributed by atoms with Gasteiger partial charge in [0, 0.05) is 21.7 Å². The lowest BCUT2D eigenvalue weighted by Crippen LogP contribution is -2.20. The Balaban J connectivity index is 1.62. The Morgan fingerprint density at radius 1 is 0.962 bits per heavy atom. The van der Waals surface area contributed by atoms with Crippen molar-refractivity contribution in [2.24, 2.45) is 0 Å². The smallest absolute Gasteiger partial charge is 0.255 e. The number of para-hydroxylation sites is 1. The van der Waals surface area contributed by atoms with Crippen molar-refractivity contribution >= 4 is 35.0 Å². The van der Waals surface area contributed by atoms with E-state index < -0.39 is 0 Å². The molecule has 0 saturated carbocycles. The summed E-state index contributed by atoms with van der Waals surface area (Å²) in [6, 6.07) is 23.0. The Hall–Kier alpha value is -3.05. The SMILES string of the molecule is O=C1CSc2ccc(C(=O)Nc3ccccc3-c3ccccc3)cc2N1. The van der Waals surface area contributed by atoms with E-state index in [9.17, 15) is 9.59 Å². The molecule has 128 valence electrons. The standard InChI is InChI=1S/C21H16N2O2S/c24-20-13-26-19-11-10-15(12-18(19)22-20)21(25)23-17-9-5-4-8-16(17)14-6-2-1-3-7-14/h1-12H,13H2,(H,22,24)(H,23,25). The molecule has 0 fully saturated rings. The van der Waals surface area contributed by atoms with Gasteiger partial charge in [-0.15, -0.1) is 11.8 Å². The first-order chi connectivity index (χ1) is 12.7. The molecule has 0 radical (unpaired) electrons. The fourth-order valence-corrected chi connectivity index (χ4v) is 3.67. The molecule has 0 spiro atoms. The molecule has 3 aromatic carbocycles. The van der Waals surface area contributed by atoms with Crippen LogP contribution in [0.1, 0.15) is 10.4 Å². The van der Waals surface area contributed by atoms with Gasteiger partial charge in [-0.3, -0.25) is 9.59 Å². The van der Waals surface area contributed by atoms with Gasteiger partial charge >= 0.3 is 0 Å². The average molecular weight is 360 g/mol. The van der Waals surface area contributed by atoms with Crippen LogP contribution in [0.5, 0.6) is 0 Å². The van der Waals surface area contributed by atoms with Crippen molar-refractivity contribution in [1.29, 1.82) is 0 Å². The van der Waals surface area contributed by atoms with E-state index >= 15 is 0 Å². The van der Waals surface area contributed by atoms with Gasteiger partial charge in [-0.1, -0.05) is 48.5 Å². The summed E-state index contributed by atoms with van der Waals surface area (Å²) in [5.74, 6) is 0.152. The molecule has 0 unspecified atom stereocenters. The molecule has 1 aliphatic heterocycles. The fraction of sp³-hybridized carbons (Fsp3) is 0.0476. The first-order valence-electron chi connectivity index (χ1n) is 8.23. The zero-order valence-corrected chi connectivity index (χ0v) is 14.7. The van der Waals surface area contributed by atoms with E-state index in [1.807, 2.05) is 60.7 Å². The predicted octanol–water partition coefficient (Wildman–Crippen LogP) is 4.65. The van der Waals surface area contributed by atoms with Crippen LogP contribution < -0.4 is 10.6 Å². The molecule has 1 heterocycles. The highest BCUT2D eigenvalue weighted by atomic mass is 32.2. The lowest BCUT2D eigenvalue weighted by atomic mass is 10.0. The number of hydrogen-bond donors (Lipinski definition) is 2. The largest absolute Gasteiger partial charge is 0.324 e. The number of carbonyl (C=O) groups is 2. The van der Waals surface area contributed by atoms with Gasteiger partial charge in [0.25, 0.3) is 5.91 Å². The lowest BCUT2D eigenvalue weighted by Gasteiger charge is -2.17. The summed E-state index contributed by atoms with van der Waals surface area (Å²) in [6.45, 7) is 0. The first kappa shape index (κ1) is 16.4. The molecule has 0 atom stereocenters. The van der Waals surface area contributed by atoms with Gasteiger partial charge in [0.2, 0.25) is 5.91 Å². The molecule has 0 aromatic heterocycles. The summed E-state index contributed by atoms with van der Waals surface area (Å²) in [6.07, 6.45) is 0. The monoisotopic (exact) mass is 360 g/mol. The number of hydrogen-bond acceptors (Lipinski definition) is 3. The second-order valence-corrected chi connectivity index (χ2v) is 6.93. The van der Waals surface area contributed by atoms with Gasteiger partial charge in [0.15, 0.2) is 0 Å². The molecular formula is C21H16N2O2S. The van der Waals surface area contributed by atoms with Gasteiger partial charge in [0.1, 0.15) is 0 Å². The van der Waals surface area contributed by atoms with Gasteiger partial charge in [0.05, 0.1) is 11.4 Å². The topological polar surface area (TPSA) is 58.2 Å². The van der Waals surface area contributed by atoms with Crippen molar-refractivity contribution in [2.45, 2.75) is 4.90 Å². The minimum atomic E-state index is -0.207. The number of fused-ring (bicyclic) bond motifs is 1. The lowest BCUT2D eigenvalue weighted by molar-refractivity contribution is -0.113. The molecule has 0 aliphatic carbocycles. The summed E-state index contributed by atoms with van der Waals surface area (Å²) in [7, 11) is 0. The second kappa shape index (κ2) is 7.06. The maximum absolute atomic E-state index is 12.7. The van der Waals surface area contributed by atoms with Crippen LogP contribution in [-0.4, -0.2) is 17.6 Å². The van der Waals surface area contributed by atoms with Crippen LogP contribution in [0.15, 0.2) is 77.7 Å². The summed E-state index contributed by atoms with van der Waals surface area (Å²) in [4.78, 5) is 25.3. The summed E-state index contributed by atoms with van der Waals surface area (Å²) >= 11 is 1.48. The molecule has 0 saturated heterocycles. The van der Waals surface area contributed by atoms with E-state index in [-0.39, 0.29) is 11.8 Å². The Labute approximate surface area is 155 Å². The summed E-state index contributed by atoms with van der Waals surface area (Å²) < 4.78 is 0. The van der Waals surface area contributed by atoms with Crippen LogP contribution in [0, 0.1) is 0 Å². The van der Waals surface area contributed by atoms with Crippen LogP contribution in [0.4, 0.5) is 11.4 Å². The molecule has 2 amide bonds. The predicted molar refractivity (Wildman–Crippen MR) is 106 cm³/mol. The van der Waals surface area contributed by atoms with E-state index in [1.165, 1.54) is 11.8 Å². The molecule has 0 bridgehead atoms. The van der Waals surface area contributed by atoms with Gasteiger partial charge in [-0.2, -0.15) is 0 Å². The quantitative estimate of drug-likeness (QED) is 0.715. The van der Waals surface area contributed by atoms with Crippen LogP contribution in [-0.2, 0) is 4.79 Å². The normalized spacial score (nSPS) is 12.8. The van der Waals surface area contributed by atoms with Gasteiger partial charge in [-0.25, -0.2) is 0 Å². The summed E-state index contributed by atoms with van der Waals surface area (Å²) in [5, 5.41) is 5.80. The van der Waals surface area contributed by atoms with E-state index in [0.717, 1.165) is 21.7 Å². The van der Waals surface area contributed by atoms with Crippen molar-refractivity contribution in [1.82, 2.24) is 0 Å². The minimum absolute atomic E-state index is 0.0468. The number of rotatable bonds is 3. The maximum Gasteiger partial charge on any atom is 0.255 e. The molecule has 1 aliphatic rings. The van der Waals surface area contributed by atoms with E-state index in [1.54, 1.807) is 12.1 Å². The Bertz CT molecular complexity index is 986. The van der Waals surface area contributed by atoms with Crippen LogP contribution in [0.3, 0.4) is 0 Å². The molecule has 2 N–H and O–H groups in total. The fourth-order valence-electron chi connectivity index (χ4n) is 2.88. The van der Waals surface area contributed by atoms with E-state index in [4.69, 9.17) is 0 Å². The van der Waals surface area contributed by atoms with E-state index in [2.05, 4.69) is 10.6 Å². The van der Waals surface area contributed by atoms with Crippen LogP contribution in [0.2, 0.25) is 0 Å². The van der Waals surface area contributed by atoms with Crippen molar-refractivity contribution in [3.63, 3.8) is 0 Å². The van der Waals surface area contributed by atoms with E-state index in [0.29, 0.717) is 17.0 Å². The zero-order valence-electron chi connectivity index (χ0n) is 13.9. The Morgan fingerprint density at radius 2 is 1.73 bits per heavy atom. The van der Waals surface area contributed by atoms with Crippen LogP contribution >= 0.6 is 11.8 Å². The van der Waals surface area contributed by atoms with Crippen molar-refractivity contribution in [3.05, 3.63) is 78.4 Å². The molecule has 5 heteroatoms. The molecule has 4 nitrogen and oxygen atoms in total. The molecule has 3 aromatic rings. The highest BCUT2D eigenvalue weighted by Gasteiger charge is 2.18. The average Bonchev–Trinajstić information content (AvgIpc) is 2.68. The number of carbonyl (C=O) groups excluding carboxylic acids is 2. The number of anilines is 2. The highest BCUT2D eigenvalue weighted by Crippen LogP contribution is 2.33. The first-order valence-corrected chi connectivity index (χ1v) is 9.22. The third-order valence-corrected chi connectivity index (χ3v) is 5.21. The second-order valence-electron chi connectivity index (χ2n) is 5.91. The maximum atomic E-state index is 12.7. The number of nitrogens with one attached hydrogen (secondary N) is 2. The Morgan fingerprint density at radius 3 is 2.58 bits per heavy atom. The highest BCUT2D eigenvalue weighted by molar-refractivity contribution is 8.00. The van der Waals surface area contributed by atoms with Crippen molar-refractivity contribution in [3.8, 4) is 11.1 Å². The molecular weight excluding hydrogens is 344 g/mol. The third kappa shape index (κ3) is 3.34. The minimum Gasteiger partial charge on any atom is -0.324 e. The van der Waals surface area contributed by atoms with Crippen molar-refractivity contribution < 1.29 is 9.59 Å². The molecule has 4 rings (SSSR count). The third-order valence-electron chi connectivity index (χ3n) is 4.13.